The Morgan fingerprint density at radius 2 is 2.38 bits per heavy atom. The fourth-order valence-electron chi connectivity index (χ4n) is 1.54. The van der Waals surface area contributed by atoms with Gasteiger partial charge in [0.05, 0.1) is 10.4 Å². The molecule has 2 rings (SSSR count). The average molecular weight is 235 g/mol. The Balaban J connectivity index is 2.49. The number of thiophene rings is 1. The minimum atomic E-state index is -0.127. The number of H-pyrrole nitrogens is 1. The highest BCUT2D eigenvalue weighted by atomic mass is 32.1. The quantitative estimate of drug-likeness (QED) is 0.855. The zero-order valence-corrected chi connectivity index (χ0v) is 9.80. The van der Waals surface area contributed by atoms with Gasteiger partial charge in [-0.25, -0.2) is 4.98 Å². The van der Waals surface area contributed by atoms with Gasteiger partial charge in [0, 0.05) is 0 Å². The second kappa shape index (κ2) is 4.49. The van der Waals surface area contributed by atoms with Gasteiger partial charge in [-0.05, 0) is 17.9 Å². The first-order chi connectivity index (χ1) is 7.72. The van der Waals surface area contributed by atoms with Crippen LogP contribution < -0.4 is 11.3 Å². The number of nitrogens with zero attached hydrogens (tertiary/aromatic N) is 1. The van der Waals surface area contributed by atoms with E-state index in [2.05, 4.69) is 9.97 Å². The normalized spacial score (nSPS) is 10.6. The zero-order chi connectivity index (χ0) is 11.5. The molecule has 0 aliphatic rings. The molecule has 0 aromatic carbocycles. The van der Waals surface area contributed by atoms with Gasteiger partial charge in [-0.2, -0.15) is 0 Å². The smallest absolute Gasteiger partial charge is 0.256 e. The molecule has 84 valence electrons. The molecule has 0 aliphatic heterocycles. The van der Waals surface area contributed by atoms with E-state index in [1.54, 1.807) is 0 Å². The molecule has 0 bridgehead atoms. The first-order valence-electron chi connectivity index (χ1n) is 5.15. The Labute approximate surface area is 97.2 Å². The summed E-state index contributed by atoms with van der Waals surface area (Å²) in [6, 6.07) is 3.82. The standard InChI is InChI=1S/C11H13N3OS/c1-2-4-7-9(12)13-10(14-11(7)15)8-5-3-6-16-8/h3,5-6H,2,4H2,1H3,(H3,12,13,14,15). The molecule has 0 amide bonds. The highest BCUT2D eigenvalue weighted by Crippen LogP contribution is 2.21. The minimum absolute atomic E-state index is 0.127. The van der Waals surface area contributed by atoms with Crippen LogP contribution in [0.2, 0.25) is 0 Å². The van der Waals surface area contributed by atoms with Crippen LogP contribution in [0.25, 0.3) is 10.7 Å². The minimum Gasteiger partial charge on any atom is -0.383 e. The van der Waals surface area contributed by atoms with Gasteiger partial charge in [0.1, 0.15) is 5.82 Å². The number of nitrogens with two attached hydrogens (primary N) is 1. The van der Waals surface area contributed by atoms with E-state index in [1.165, 1.54) is 11.3 Å². The number of nitrogen functional groups attached to an aromatic ring is 1. The lowest BCUT2D eigenvalue weighted by Gasteiger charge is -2.04. The predicted molar refractivity (Wildman–Crippen MR) is 66.6 cm³/mol. The maximum Gasteiger partial charge on any atom is 0.256 e. The molecule has 2 aromatic rings. The van der Waals surface area contributed by atoms with Crippen LogP contribution in [0, 0.1) is 0 Å². The van der Waals surface area contributed by atoms with Crippen molar-refractivity contribution in [2.75, 3.05) is 5.73 Å². The second-order valence-corrected chi connectivity index (χ2v) is 4.45. The first-order valence-corrected chi connectivity index (χ1v) is 6.03. The van der Waals surface area contributed by atoms with Crippen LogP contribution >= 0.6 is 11.3 Å². The predicted octanol–water partition coefficient (Wildman–Crippen LogP) is 2.03. The van der Waals surface area contributed by atoms with Crippen LogP contribution in [0.5, 0.6) is 0 Å². The summed E-state index contributed by atoms with van der Waals surface area (Å²) in [5, 5.41) is 1.94. The van der Waals surface area contributed by atoms with Crippen molar-refractivity contribution < 1.29 is 0 Å². The topological polar surface area (TPSA) is 71.8 Å². The van der Waals surface area contributed by atoms with E-state index >= 15 is 0 Å². The lowest BCUT2D eigenvalue weighted by molar-refractivity contribution is 0.892. The highest BCUT2D eigenvalue weighted by molar-refractivity contribution is 7.13. The molecule has 0 fully saturated rings. The molecule has 4 nitrogen and oxygen atoms in total. The summed E-state index contributed by atoms with van der Waals surface area (Å²) in [5.41, 5.74) is 6.25. The molecule has 0 radical (unpaired) electrons. The largest absolute Gasteiger partial charge is 0.383 e. The number of aromatic nitrogens is 2. The maximum absolute atomic E-state index is 11.8. The van der Waals surface area contributed by atoms with E-state index in [9.17, 15) is 4.79 Å². The number of rotatable bonds is 3. The van der Waals surface area contributed by atoms with Crippen LogP contribution in [0.4, 0.5) is 5.82 Å². The van der Waals surface area contributed by atoms with Crippen LogP contribution in [-0.4, -0.2) is 9.97 Å². The Hall–Kier alpha value is -1.62. The van der Waals surface area contributed by atoms with Crippen LogP contribution in [0.15, 0.2) is 22.3 Å². The molecular formula is C11H13N3OS. The SMILES string of the molecule is CCCc1c(N)nc(-c2cccs2)[nH]c1=O. The van der Waals surface area contributed by atoms with E-state index in [4.69, 9.17) is 5.73 Å². The highest BCUT2D eigenvalue weighted by Gasteiger charge is 2.09. The number of hydrogen-bond donors (Lipinski definition) is 2. The Kier molecular flexibility index (Phi) is 3.05. The van der Waals surface area contributed by atoms with Crippen molar-refractivity contribution in [2.24, 2.45) is 0 Å². The Morgan fingerprint density at radius 3 is 2.94 bits per heavy atom. The van der Waals surface area contributed by atoms with Gasteiger partial charge in [0.2, 0.25) is 0 Å². The lowest BCUT2D eigenvalue weighted by atomic mass is 10.2. The van der Waals surface area contributed by atoms with Crippen LogP contribution in [0.3, 0.4) is 0 Å². The van der Waals surface area contributed by atoms with Gasteiger partial charge in [0.15, 0.2) is 5.82 Å². The van der Waals surface area contributed by atoms with Gasteiger partial charge in [-0.15, -0.1) is 11.3 Å². The molecule has 2 heterocycles. The Morgan fingerprint density at radius 1 is 1.56 bits per heavy atom. The van der Waals surface area contributed by atoms with Gasteiger partial charge in [-0.1, -0.05) is 19.4 Å². The molecule has 16 heavy (non-hydrogen) atoms. The average Bonchev–Trinajstić information content (AvgIpc) is 2.76. The molecule has 5 heteroatoms. The molecule has 0 aliphatic carbocycles. The molecule has 2 aromatic heterocycles. The van der Waals surface area contributed by atoms with E-state index < -0.39 is 0 Å². The van der Waals surface area contributed by atoms with Crippen LogP contribution in [-0.2, 0) is 6.42 Å². The zero-order valence-electron chi connectivity index (χ0n) is 8.99. The fourth-order valence-corrected chi connectivity index (χ4v) is 2.21. The summed E-state index contributed by atoms with van der Waals surface area (Å²) in [5.74, 6) is 0.895. The van der Waals surface area contributed by atoms with Gasteiger partial charge in [0.25, 0.3) is 5.56 Å². The van der Waals surface area contributed by atoms with Gasteiger partial charge < -0.3 is 10.7 Å². The third kappa shape index (κ3) is 1.99. The van der Waals surface area contributed by atoms with Crippen molar-refractivity contribution in [3.05, 3.63) is 33.4 Å². The van der Waals surface area contributed by atoms with E-state index in [1.807, 2.05) is 24.4 Å². The summed E-state index contributed by atoms with van der Waals surface area (Å²) in [4.78, 5) is 19.7. The third-order valence-electron chi connectivity index (χ3n) is 2.30. The maximum atomic E-state index is 11.8. The summed E-state index contributed by atoms with van der Waals surface area (Å²) in [6.07, 6.45) is 1.55. The third-order valence-corrected chi connectivity index (χ3v) is 3.18. The number of nitrogens with one attached hydrogen (secondary N) is 1. The summed E-state index contributed by atoms with van der Waals surface area (Å²) in [6.45, 7) is 2.01. The number of aromatic amines is 1. The van der Waals surface area contributed by atoms with E-state index in [-0.39, 0.29) is 5.56 Å². The van der Waals surface area contributed by atoms with Crippen molar-refractivity contribution in [3.63, 3.8) is 0 Å². The molecule has 0 saturated heterocycles. The Bertz CT molecular complexity index is 531. The molecular weight excluding hydrogens is 222 g/mol. The first kappa shape index (κ1) is 10.9. The van der Waals surface area contributed by atoms with Crippen LogP contribution in [0.1, 0.15) is 18.9 Å². The van der Waals surface area contributed by atoms with E-state index in [0.717, 1.165) is 11.3 Å². The number of anilines is 1. The van der Waals surface area contributed by atoms with Crippen molar-refractivity contribution in [1.29, 1.82) is 0 Å². The molecule has 0 spiro atoms. The van der Waals surface area contributed by atoms with Gasteiger partial charge >= 0.3 is 0 Å². The van der Waals surface area contributed by atoms with Crippen molar-refractivity contribution in [2.45, 2.75) is 19.8 Å². The summed E-state index contributed by atoms with van der Waals surface area (Å²) >= 11 is 1.52. The molecule has 0 unspecified atom stereocenters. The van der Waals surface area contributed by atoms with Crippen molar-refractivity contribution in [3.8, 4) is 10.7 Å². The van der Waals surface area contributed by atoms with Crippen molar-refractivity contribution >= 4 is 17.2 Å². The lowest BCUT2D eigenvalue weighted by Crippen LogP contribution is -2.17. The van der Waals surface area contributed by atoms with Crippen molar-refractivity contribution in [1.82, 2.24) is 9.97 Å². The second-order valence-electron chi connectivity index (χ2n) is 3.51. The number of hydrogen-bond acceptors (Lipinski definition) is 4. The fraction of sp³-hybridized carbons (Fsp3) is 0.273. The molecule has 0 saturated carbocycles. The molecule has 0 atom stereocenters. The van der Waals surface area contributed by atoms with E-state index in [0.29, 0.717) is 23.6 Å². The molecule has 3 N–H and O–H groups in total. The summed E-state index contributed by atoms with van der Waals surface area (Å²) in [7, 11) is 0. The monoisotopic (exact) mass is 235 g/mol. The summed E-state index contributed by atoms with van der Waals surface area (Å²) < 4.78 is 0. The van der Waals surface area contributed by atoms with Gasteiger partial charge in [-0.3, -0.25) is 4.79 Å².